The zero-order valence-corrected chi connectivity index (χ0v) is 9.99. The summed E-state index contributed by atoms with van der Waals surface area (Å²) in [7, 11) is 0. The maximum absolute atomic E-state index is 11.1. The molecule has 0 aromatic carbocycles. The predicted octanol–water partition coefficient (Wildman–Crippen LogP) is 2.57. The standard InChI is InChI=1S/C13H18N2O/c1-9-7-12(11-5-3-4-6-11)15-13(14-9)8-10(2)16/h7,11H,3-6,8H2,1-2H3. The molecule has 1 aliphatic carbocycles. The first-order valence-corrected chi connectivity index (χ1v) is 5.99. The van der Waals surface area contributed by atoms with Crippen LogP contribution in [-0.2, 0) is 11.2 Å². The third-order valence-electron chi connectivity index (χ3n) is 3.10. The first kappa shape index (κ1) is 11.2. The SMILES string of the molecule is CC(=O)Cc1nc(C)cc(C2CCCC2)n1. The highest BCUT2D eigenvalue weighted by Gasteiger charge is 2.19. The molecule has 0 N–H and O–H groups in total. The number of ketones is 1. The van der Waals surface area contributed by atoms with Gasteiger partial charge in [-0.3, -0.25) is 4.79 Å². The average molecular weight is 218 g/mol. The molecular weight excluding hydrogens is 200 g/mol. The molecule has 2 rings (SSSR count). The number of Topliss-reactive ketones (excluding diaryl/α,β-unsaturated/α-hetero) is 1. The lowest BCUT2D eigenvalue weighted by molar-refractivity contribution is -0.116. The van der Waals surface area contributed by atoms with Crippen LogP contribution in [0, 0.1) is 6.92 Å². The monoisotopic (exact) mass is 218 g/mol. The van der Waals surface area contributed by atoms with Crippen molar-refractivity contribution in [2.45, 2.75) is 51.9 Å². The second-order valence-electron chi connectivity index (χ2n) is 4.71. The van der Waals surface area contributed by atoms with E-state index in [1.54, 1.807) is 6.92 Å². The fourth-order valence-electron chi connectivity index (χ4n) is 2.39. The molecule has 0 atom stereocenters. The van der Waals surface area contributed by atoms with Crippen molar-refractivity contribution in [1.29, 1.82) is 0 Å². The third kappa shape index (κ3) is 2.65. The lowest BCUT2D eigenvalue weighted by Crippen LogP contribution is -2.07. The highest BCUT2D eigenvalue weighted by atomic mass is 16.1. The molecule has 86 valence electrons. The lowest BCUT2D eigenvalue weighted by Gasteiger charge is -2.10. The molecule has 1 aromatic heterocycles. The van der Waals surface area contributed by atoms with Gasteiger partial charge in [0, 0.05) is 17.3 Å². The fourth-order valence-corrected chi connectivity index (χ4v) is 2.39. The van der Waals surface area contributed by atoms with Crippen molar-refractivity contribution < 1.29 is 4.79 Å². The van der Waals surface area contributed by atoms with Crippen molar-refractivity contribution in [3.05, 3.63) is 23.3 Å². The molecule has 1 aliphatic rings. The molecule has 1 heterocycles. The van der Waals surface area contributed by atoms with Crippen LogP contribution in [0.2, 0.25) is 0 Å². The van der Waals surface area contributed by atoms with E-state index < -0.39 is 0 Å². The summed E-state index contributed by atoms with van der Waals surface area (Å²) in [6.07, 6.45) is 5.43. The topological polar surface area (TPSA) is 42.9 Å². The minimum absolute atomic E-state index is 0.128. The molecular formula is C13H18N2O. The number of aromatic nitrogens is 2. The van der Waals surface area contributed by atoms with Gasteiger partial charge in [0.05, 0.1) is 6.42 Å². The van der Waals surface area contributed by atoms with Crippen LogP contribution in [0.25, 0.3) is 0 Å². The Kier molecular flexibility index (Phi) is 3.32. The Hall–Kier alpha value is -1.25. The summed E-state index contributed by atoms with van der Waals surface area (Å²) in [4.78, 5) is 19.9. The Bertz CT molecular complexity index is 395. The quantitative estimate of drug-likeness (QED) is 0.783. The van der Waals surface area contributed by atoms with Crippen LogP contribution in [0.4, 0.5) is 0 Å². The number of rotatable bonds is 3. The minimum atomic E-state index is 0.128. The summed E-state index contributed by atoms with van der Waals surface area (Å²) in [5.74, 6) is 1.41. The van der Waals surface area contributed by atoms with E-state index in [-0.39, 0.29) is 5.78 Å². The number of hydrogen-bond acceptors (Lipinski definition) is 3. The van der Waals surface area contributed by atoms with Gasteiger partial charge in [-0.05, 0) is 32.8 Å². The molecule has 0 radical (unpaired) electrons. The number of hydrogen-bond donors (Lipinski definition) is 0. The molecule has 0 bridgehead atoms. The van der Waals surface area contributed by atoms with Crippen LogP contribution in [0.3, 0.4) is 0 Å². The van der Waals surface area contributed by atoms with Crippen molar-refractivity contribution in [3.8, 4) is 0 Å². The van der Waals surface area contributed by atoms with E-state index in [0.29, 0.717) is 18.2 Å². The van der Waals surface area contributed by atoms with Crippen molar-refractivity contribution in [2.75, 3.05) is 0 Å². The fraction of sp³-hybridized carbons (Fsp3) is 0.615. The molecule has 0 aliphatic heterocycles. The second-order valence-corrected chi connectivity index (χ2v) is 4.71. The van der Waals surface area contributed by atoms with Gasteiger partial charge in [0.15, 0.2) is 0 Å². The first-order chi connectivity index (χ1) is 7.65. The molecule has 0 spiro atoms. The van der Waals surface area contributed by atoms with E-state index in [9.17, 15) is 4.79 Å². The van der Waals surface area contributed by atoms with E-state index in [4.69, 9.17) is 0 Å². The van der Waals surface area contributed by atoms with Crippen LogP contribution in [0.15, 0.2) is 6.07 Å². The normalized spacial score (nSPS) is 16.6. The molecule has 3 nitrogen and oxygen atoms in total. The molecule has 1 fully saturated rings. The Morgan fingerprint density at radius 2 is 2.06 bits per heavy atom. The molecule has 16 heavy (non-hydrogen) atoms. The Labute approximate surface area is 96.3 Å². The Morgan fingerprint density at radius 3 is 2.69 bits per heavy atom. The minimum Gasteiger partial charge on any atom is -0.300 e. The Balaban J connectivity index is 2.24. The van der Waals surface area contributed by atoms with E-state index in [1.807, 2.05) is 6.92 Å². The van der Waals surface area contributed by atoms with Crippen molar-refractivity contribution in [3.63, 3.8) is 0 Å². The summed E-state index contributed by atoms with van der Waals surface area (Å²) in [5.41, 5.74) is 2.12. The number of aryl methyl sites for hydroxylation is 1. The largest absolute Gasteiger partial charge is 0.300 e. The smallest absolute Gasteiger partial charge is 0.137 e. The number of carbonyl (C=O) groups is 1. The number of nitrogens with zero attached hydrogens (tertiary/aromatic N) is 2. The van der Waals surface area contributed by atoms with E-state index >= 15 is 0 Å². The van der Waals surface area contributed by atoms with Crippen molar-refractivity contribution >= 4 is 5.78 Å². The molecule has 1 aromatic rings. The molecule has 3 heteroatoms. The van der Waals surface area contributed by atoms with Gasteiger partial charge in [-0.2, -0.15) is 0 Å². The summed E-state index contributed by atoms with van der Waals surface area (Å²) >= 11 is 0. The van der Waals surface area contributed by atoms with Crippen LogP contribution >= 0.6 is 0 Å². The van der Waals surface area contributed by atoms with Gasteiger partial charge in [-0.1, -0.05) is 12.8 Å². The summed E-state index contributed by atoms with van der Waals surface area (Å²) < 4.78 is 0. The summed E-state index contributed by atoms with van der Waals surface area (Å²) in [5, 5.41) is 0. The number of carbonyl (C=O) groups excluding carboxylic acids is 1. The van der Waals surface area contributed by atoms with Gasteiger partial charge in [0.1, 0.15) is 11.6 Å². The van der Waals surface area contributed by atoms with Crippen LogP contribution < -0.4 is 0 Å². The molecule has 0 saturated heterocycles. The van der Waals surface area contributed by atoms with Crippen molar-refractivity contribution in [2.24, 2.45) is 0 Å². The van der Waals surface area contributed by atoms with E-state index in [2.05, 4.69) is 16.0 Å². The van der Waals surface area contributed by atoms with E-state index in [0.717, 1.165) is 11.4 Å². The molecule has 0 unspecified atom stereocenters. The maximum Gasteiger partial charge on any atom is 0.137 e. The lowest BCUT2D eigenvalue weighted by atomic mass is 10.0. The van der Waals surface area contributed by atoms with Gasteiger partial charge < -0.3 is 0 Å². The van der Waals surface area contributed by atoms with Gasteiger partial charge in [-0.25, -0.2) is 9.97 Å². The van der Waals surface area contributed by atoms with Crippen LogP contribution in [0.5, 0.6) is 0 Å². The highest BCUT2D eigenvalue weighted by Crippen LogP contribution is 2.33. The maximum atomic E-state index is 11.1. The first-order valence-electron chi connectivity index (χ1n) is 5.99. The second kappa shape index (κ2) is 4.73. The van der Waals surface area contributed by atoms with Crippen LogP contribution in [-0.4, -0.2) is 15.8 Å². The highest BCUT2D eigenvalue weighted by molar-refractivity contribution is 5.77. The zero-order valence-electron chi connectivity index (χ0n) is 9.99. The van der Waals surface area contributed by atoms with Gasteiger partial charge in [0.25, 0.3) is 0 Å². The Morgan fingerprint density at radius 1 is 1.38 bits per heavy atom. The van der Waals surface area contributed by atoms with Crippen molar-refractivity contribution in [1.82, 2.24) is 9.97 Å². The molecule has 0 amide bonds. The van der Waals surface area contributed by atoms with Gasteiger partial charge in [0.2, 0.25) is 0 Å². The van der Waals surface area contributed by atoms with Gasteiger partial charge >= 0.3 is 0 Å². The van der Waals surface area contributed by atoms with Crippen LogP contribution in [0.1, 0.15) is 55.7 Å². The predicted molar refractivity (Wildman–Crippen MR) is 62.4 cm³/mol. The molecule has 1 saturated carbocycles. The summed E-state index contributed by atoms with van der Waals surface area (Å²) in [6, 6.07) is 2.07. The zero-order chi connectivity index (χ0) is 11.5. The third-order valence-corrected chi connectivity index (χ3v) is 3.10. The van der Waals surface area contributed by atoms with Gasteiger partial charge in [-0.15, -0.1) is 0 Å². The summed E-state index contributed by atoms with van der Waals surface area (Å²) in [6.45, 7) is 3.56. The van der Waals surface area contributed by atoms with E-state index in [1.165, 1.54) is 25.7 Å². The average Bonchev–Trinajstić information content (AvgIpc) is 2.67.